The maximum Gasteiger partial charge on any atom is 0.325 e. The number of carbonyl (C=O) groups is 5. The summed E-state index contributed by atoms with van der Waals surface area (Å²) in [5.74, 6) is -2.14. The van der Waals surface area contributed by atoms with Crippen LogP contribution in [0.1, 0.15) is 73.8 Å². The molecule has 4 amide bonds. The normalized spacial score (nSPS) is 12.0. The second-order valence-electron chi connectivity index (χ2n) is 9.39. The quantitative estimate of drug-likeness (QED) is 0.0509. The Morgan fingerprint density at radius 3 is 2.43 bits per heavy atom. The van der Waals surface area contributed by atoms with E-state index in [0.29, 0.717) is 35.8 Å². The van der Waals surface area contributed by atoms with Crippen LogP contribution in [0.25, 0.3) is 11.3 Å². The molecule has 1 unspecified atom stereocenters. The van der Waals surface area contributed by atoms with Gasteiger partial charge >= 0.3 is 5.97 Å². The summed E-state index contributed by atoms with van der Waals surface area (Å²) in [5.41, 5.74) is 0.667. The van der Waals surface area contributed by atoms with Crippen LogP contribution in [0.4, 0.5) is 0 Å². The van der Waals surface area contributed by atoms with Crippen LogP contribution in [0.2, 0.25) is 0 Å². The number of methoxy groups -OCH3 is 1. The summed E-state index contributed by atoms with van der Waals surface area (Å²) in [6, 6.07) is 7.01. The zero-order valence-electron chi connectivity index (χ0n) is 24.4. The van der Waals surface area contributed by atoms with Crippen LogP contribution in [0.5, 0.6) is 5.75 Å². The molecule has 230 valence electrons. The highest BCUT2D eigenvalue weighted by atomic mass is 16.5. The molecule has 42 heavy (non-hydrogen) atoms. The average Bonchev–Trinajstić information content (AvgIpc) is 3.49. The lowest BCUT2D eigenvalue weighted by atomic mass is 9.90. The van der Waals surface area contributed by atoms with E-state index in [2.05, 4.69) is 20.7 Å². The second-order valence-corrected chi connectivity index (χ2v) is 9.39. The van der Waals surface area contributed by atoms with Gasteiger partial charge in [0.25, 0.3) is 11.8 Å². The number of benzene rings is 1. The molecule has 0 fully saturated rings. The number of unbranched alkanes of at least 4 members (excludes halogenated alkanes) is 2. The van der Waals surface area contributed by atoms with Crippen LogP contribution in [-0.4, -0.2) is 73.3 Å². The molecular formula is C29H40N4O9. The summed E-state index contributed by atoms with van der Waals surface area (Å²) in [4.78, 5) is 60.8. The minimum Gasteiger partial charge on any atom is -0.494 e. The molecule has 0 aliphatic carbocycles. The van der Waals surface area contributed by atoms with Crippen LogP contribution in [0.3, 0.4) is 0 Å². The molecule has 1 aromatic carbocycles. The first-order valence-corrected chi connectivity index (χ1v) is 13.9. The Morgan fingerprint density at radius 2 is 1.79 bits per heavy atom. The molecule has 13 nitrogen and oxygen atoms in total. The lowest BCUT2D eigenvalue weighted by molar-refractivity contribution is -0.168. The third-order valence-electron chi connectivity index (χ3n) is 6.51. The summed E-state index contributed by atoms with van der Waals surface area (Å²) in [7, 11) is 1.22. The Labute approximate surface area is 244 Å². The lowest BCUT2D eigenvalue weighted by Crippen LogP contribution is -2.47. The Bertz CT molecular complexity index is 1210. The largest absolute Gasteiger partial charge is 0.494 e. The number of rotatable bonds is 18. The van der Waals surface area contributed by atoms with Gasteiger partial charge in [-0.05, 0) is 50.1 Å². The molecule has 2 aromatic rings. The fourth-order valence-corrected chi connectivity index (χ4v) is 4.34. The number of carbonyl (C=O) groups excluding carboxylic acids is 5. The van der Waals surface area contributed by atoms with Gasteiger partial charge in [0.1, 0.15) is 18.1 Å². The van der Waals surface area contributed by atoms with Gasteiger partial charge in [0.15, 0.2) is 5.76 Å². The molecule has 1 heterocycles. The van der Waals surface area contributed by atoms with Gasteiger partial charge in [0.05, 0.1) is 32.3 Å². The van der Waals surface area contributed by atoms with E-state index in [0.717, 1.165) is 19.3 Å². The number of nitrogens with one attached hydrogen (secondary N) is 3. The van der Waals surface area contributed by atoms with Gasteiger partial charge in [-0.1, -0.05) is 33.1 Å². The topological polar surface area (TPSA) is 177 Å². The molecule has 13 heteroatoms. The first kappa shape index (κ1) is 33.8. The number of nitrogens with zero attached hydrogens (tertiary/aromatic N) is 1. The van der Waals surface area contributed by atoms with Crippen LogP contribution < -0.4 is 20.7 Å². The third-order valence-corrected chi connectivity index (χ3v) is 6.51. The predicted octanol–water partition coefficient (Wildman–Crippen LogP) is 2.87. The Kier molecular flexibility index (Phi) is 14.0. The number of amides is 4. The molecule has 0 bridgehead atoms. The maximum atomic E-state index is 12.9. The number of furan rings is 1. The average molecular weight is 589 g/mol. The maximum absolute atomic E-state index is 12.9. The molecule has 0 saturated heterocycles. The summed E-state index contributed by atoms with van der Waals surface area (Å²) in [6.45, 7) is 5.43. The Hall–Kier alpha value is -4.39. The van der Waals surface area contributed by atoms with Crippen LogP contribution in [0, 0.1) is 5.92 Å². The zero-order chi connectivity index (χ0) is 31.1. The van der Waals surface area contributed by atoms with Gasteiger partial charge in [-0.25, -0.2) is 5.06 Å². The molecule has 1 aromatic heterocycles. The summed E-state index contributed by atoms with van der Waals surface area (Å²) >= 11 is 0. The van der Waals surface area contributed by atoms with Crippen molar-refractivity contribution in [3.63, 3.8) is 0 Å². The number of hydrogen-bond acceptors (Lipinski definition) is 9. The molecule has 0 saturated carbocycles. The van der Waals surface area contributed by atoms with Crippen molar-refractivity contribution in [3.8, 4) is 17.1 Å². The molecule has 2 rings (SSSR count). The van der Waals surface area contributed by atoms with Crippen LogP contribution >= 0.6 is 0 Å². The third kappa shape index (κ3) is 9.91. The van der Waals surface area contributed by atoms with E-state index in [1.807, 2.05) is 6.92 Å². The van der Waals surface area contributed by atoms with E-state index in [4.69, 9.17) is 9.15 Å². The van der Waals surface area contributed by atoms with Crippen molar-refractivity contribution >= 4 is 30.1 Å². The molecule has 0 radical (unpaired) electrons. The van der Waals surface area contributed by atoms with Crippen molar-refractivity contribution in [1.82, 2.24) is 21.0 Å². The second kappa shape index (κ2) is 17.4. The van der Waals surface area contributed by atoms with Crippen molar-refractivity contribution in [2.24, 2.45) is 5.92 Å². The number of ether oxygens (including phenoxy) is 2. The van der Waals surface area contributed by atoms with Gasteiger partial charge in [0.2, 0.25) is 12.3 Å². The molecule has 0 aliphatic heterocycles. The molecule has 0 spiro atoms. The minimum absolute atomic E-state index is 0.0360. The van der Waals surface area contributed by atoms with Gasteiger partial charge in [-0.2, -0.15) is 0 Å². The fraction of sp³-hybridized carbons (Fsp3) is 0.483. The van der Waals surface area contributed by atoms with E-state index >= 15 is 0 Å². The monoisotopic (exact) mass is 588 g/mol. The molecule has 2 atom stereocenters. The Balaban J connectivity index is 2.10. The number of esters is 1. The zero-order valence-corrected chi connectivity index (χ0v) is 24.4. The first-order chi connectivity index (χ1) is 20.2. The SMILES string of the molecule is CCCCCC(C(=O)NCNC(=O)c1ccc(-c2cc(OCC)cc(C(=O)NCC(=O)OC)c2)o1)[C@@H](CC)N(O)C=O. The van der Waals surface area contributed by atoms with Crippen LogP contribution in [-0.2, 0) is 19.1 Å². The van der Waals surface area contributed by atoms with Gasteiger partial charge in [-0.3, -0.25) is 29.2 Å². The van der Waals surface area contributed by atoms with Gasteiger partial charge in [0, 0.05) is 11.1 Å². The number of hydrogen-bond donors (Lipinski definition) is 4. The highest BCUT2D eigenvalue weighted by molar-refractivity contribution is 5.97. The van der Waals surface area contributed by atoms with Crippen molar-refractivity contribution in [1.29, 1.82) is 0 Å². The predicted molar refractivity (Wildman–Crippen MR) is 152 cm³/mol. The number of hydroxylamine groups is 2. The molecular weight excluding hydrogens is 548 g/mol. The smallest absolute Gasteiger partial charge is 0.325 e. The van der Waals surface area contributed by atoms with Crippen molar-refractivity contribution in [2.45, 2.75) is 58.9 Å². The highest BCUT2D eigenvalue weighted by Gasteiger charge is 2.30. The summed E-state index contributed by atoms with van der Waals surface area (Å²) < 4.78 is 15.8. The van der Waals surface area contributed by atoms with Gasteiger partial charge < -0.3 is 29.8 Å². The van der Waals surface area contributed by atoms with Crippen LogP contribution in [0.15, 0.2) is 34.7 Å². The lowest BCUT2D eigenvalue weighted by Gasteiger charge is -2.29. The summed E-state index contributed by atoms with van der Waals surface area (Å²) in [5, 5.41) is 18.2. The van der Waals surface area contributed by atoms with Gasteiger partial charge in [-0.15, -0.1) is 0 Å². The van der Waals surface area contributed by atoms with Crippen molar-refractivity contribution in [3.05, 3.63) is 41.7 Å². The van der Waals surface area contributed by atoms with E-state index in [-0.39, 0.29) is 36.7 Å². The van der Waals surface area contributed by atoms with Crippen molar-refractivity contribution < 1.29 is 43.1 Å². The molecule has 0 aliphatic rings. The van der Waals surface area contributed by atoms with E-state index in [1.54, 1.807) is 26.0 Å². The van der Waals surface area contributed by atoms with E-state index < -0.39 is 35.7 Å². The Morgan fingerprint density at radius 1 is 1.02 bits per heavy atom. The van der Waals surface area contributed by atoms with Crippen molar-refractivity contribution in [2.75, 3.05) is 26.9 Å². The standard InChI is InChI=1S/C29H40N4O9/c1-5-8-9-10-22(23(6-2)33(39)18-34)28(37)31-17-32-29(38)25-12-11-24(42-25)19-13-20(15-21(14-19)41-7-3)27(36)30-16-26(35)40-4/h11-15,18,22-23,39H,5-10,16-17H2,1-4H3,(H,30,36)(H,31,37)(H,32,38)/t22?,23-/m1/s1. The highest BCUT2D eigenvalue weighted by Crippen LogP contribution is 2.28. The fourth-order valence-electron chi connectivity index (χ4n) is 4.34. The minimum atomic E-state index is -0.692. The molecule has 4 N–H and O–H groups in total. The first-order valence-electron chi connectivity index (χ1n) is 13.9. The van der Waals surface area contributed by atoms with E-state index in [9.17, 15) is 29.2 Å². The van der Waals surface area contributed by atoms with E-state index in [1.165, 1.54) is 25.3 Å². The summed E-state index contributed by atoms with van der Waals surface area (Å²) in [6.07, 6.45) is 3.73.